The van der Waals surface area contributed by atoms with Gasteiger partial charge in [0.25, 0.3) is 5.88 Å². The third-order valence-electron chi connectivity index (χ3n) is 2.39. The number of hydrogen-bond acceptors (Lipinski definition) is 4. The molecule has 0 aliphatic carbocycles. The van der Waals surface area contributed by atoms with Crippen molar-refractivity contribution in [2.75, 3.05) is 0 Å². The lowest BCUT2D eigenvalue weighted by molar-refractivity contribution is 0.407. The summed E-state index contributed by atoms with van der Waals surface area (Å²) >= 11 is 0. The average Bonchev–Trinajstić information content (AvgIpc) is 2.31. The second kappa shape index (κ2) is 4.37. The van der Waals surface area contributed by atoms with Crippen molar-refractivity contribution in [3.05, 3.63) is 41.6 Å². The molecule has 0 bridgehead atoms. The van der Waals surface area contributed by atoms with Crippen LogP contribution in [-0.2, 0) is 0 Å². The van der Waals surface area contributed by atoms with E-state index in [-0.39, 0.29) is 17.3 Å². The standard InChI is InChI=1S/C12H11FN2O2/c1-7-9(16)4-3-5-10(7)17-12-11(13)8(2)14-6-15-12/h3-6,16H,1-2H3. The highest BCUT2D eigenvalue weighted by molar-refractivity contribution is 5.44. The maximum atomic E-state index is 13.6. The number of phenols is 1. The number of halogens is 1. The van der Waals surface area contributed by atoms with Crippen LogP contribution < -0.4 is 4.74 Å². The van der Waals surface area contributed by atoms with E-state index in [0.717, 1.165) is 0 Å². The third kappa shape index (κ3) is 2.18. The first-order valence-corrected chi connectivity index (χ1v) is 5.03. The van der Waals surface area contributed by atoms with Gasteiger partial charge >= 0.3 is 0 Å². The number of nitrogens with zero attached hydrogens (tertiary/aromatic N) is 2. The normalized spacial score (nSPS) is 10.3. The van der Waals surface area contributed by atoms with E-state index in [4.69, 9.17) is 4.74 Å². The predicted molar refractivity (Wildman–Crippen MR) is 59.6 cm³/mol. The van der Waals surface area contributed by atoms with Crippen LogP contribution in [0.5, 0.6) is 17.4 Å². The van der Waals surface area contributed by atoms with Gasteiger partial charge in [0.1, 0.15) is 17.8 Å². The monoisotopic (exact) mass is 234 g/mol. The maximum absolute atomic E-state index is 13.6. The largest absolute Gasteiger partial charge is 0.508 e. The molecule has 4 nitrogen and oxygen atoms in total. The minimum atomic E-state index is -0.602. The summed E-state index contributed by atoms with van der Waals surface area (Å²) in [5, 5.41) is 9.50. The number of aromatic nitrogens is 2. The van der Waals surface area contributed by atoms with E-state index in [1.54, 1.807) is 19.1 Å². The molecule has 0 fully saturated rings. The van der Waals surface area contributed by atoms with E-state index in [0.29, 0.717) is 11.3 Å². The lowest BCUT2D eigenvalue weighted by Crippen LogP contribution is -1.97. The molecule has 1 aromatic carbocycles. The number of hydrogen-bond donors (Lipinski definition) is 1. The van der Waals surface area contributed by atoms with Crippen molar-refractivity contribution in [2.24, 2.45) is 0 Å². The van der Waals surface area contributed by atoms with Gasteiger partial charge in [-0.05, 0) is 26.0 Å². The van der Waals surface area contributed by atoms with Gasteiger partial charge in [-0.15, -0.1) is 0 Å². The topological polar surface area (TPSA) is 55.2 Å². The Morgan fingerprint density at radius 3 is 2.76 bits per heavy atom. The second-order valence-corrected chi connectivity index (χ2v) is 3.58. The molecule has 2 aromatic rings. The molecule has 0 radical (unpaired) electrons. The molecule has 0 aliphatic rings. The Labute approximate surface area is 97.7 Å². The highest BCUT2D eigenvalue weighted by atomic mass is 19.1. The summed E-state index contributed by atoms with van der Waals surface area (Å²) in [5.74, 6) is -0.294. The van der Waals surface area contributed by atoms with Gasteiger partial charge in [-0.1, -0.05) is 6.07 Å². The summed E-state index contributed by atoms with van der Waals surface area (Å²) in [5.41, 5.74) is 0.746. The van der Waals surface area contributed by atoms with E-state index in [2.05, 4.69) is 9.97 Å². The summed E-state index contributed by atoms with van der Waals surface area (Å²) in [7, 11) is 0. The van der Waals surface area contributed by atoms with E-state index in [1.807, 2.05) is 0 Å². The first kappa shape index (κ1) is 11.3. The summed E-state index contributed by atoms with van der Waals surface area (Å²) < 4.78 is 18.9. The fraction of sp³-hybridized carbons (Fsp3) is 0.167. The zero-order valence-electron chi connectivity index (χ0n) is 9.44. The molecule has 5 heteroatoms. The Hall–Kier alpha value is -2.17. The van der Waals surface area contributed by atoms with E-state index in [9.17, 15) is 9.50 Å². The van der Waals surface area contributed by atoms with Gasteiger partial charge < -0.3 is 9.84 Å². The fourth-order valence-electron chi connectivity index (χ4n) is 1.32. The molecule has 17 heavy (non-hydrogen) atoms. The molecule has 0 spiro atoms. The molecule has 0 amide bonds. The molecule has 0 saturated heterocycles. The zero-order valence-corrected chi connectivity index (χ0v) is 9.44. The Morgan fingerprint density at radius 2 is 2.00 bits per heavy atom. The van der Waals surface area contributed by atoms with Crippen LogP contribution >= 0.6 is 0 Å². The van der Waals surface area contributed by atoms with Crippen LogP contribution in [0.15, 0.2) is 24.5 Å². The Bertz CT molecular complexity index is 509. The predicted octanol–water partition coefficient (Wildman–Crippen LogP) is 2.73. The second-order valence-electron chi connectivity index (χ2n) is 3.58. The quantitative estimate of drug-likeness (QED) is 0.868. The molecule has 0 atom stereocenters. The molecule has 0 saturated carbocycles. The summed E-state index contributed by atoms with van der Waals surface area (Å²) in [6.07, 6.45) is 1.23. The van der Waals surface area contributed by atoms with Crippen LogP contribution in [0, 0.1) is 19.7 Å². The first-order valence-electron chi connectivity index (χ1n) is 5.03. The summed E-state index contributed by atoms with van der Waals surface area (Å²) in [6.45, 7) is 3.20. The number of benzene rings is 1. The molecule has 0 aliphatic heterocycles. The fourth-order valence-corrected chi connectivity index (χ4v) is 1.32. The summed E-state index contributed by atoms with van der Waals surface area (Å²) in [4.78, 5) is 7.42. The van der Waals surface area contributed by atoms with Gasteiger partial charge in [-0.25, -0.2) is 4.98 Å². The lowest BCUT2D eigenvalue weighted by atomic mass is 10.2. The van der Waals surface area contributed by atoms with Crippen molar-refractivity contribution in [1.29, 1.82) is 0 Å². The molecule has 1 N–H and O–H groups in total. The van der Waals surface area contributed by atoms with Crippen LogP contribution in [0.2, 0.25) is 0 Å². The maximum Gasteiger partial charge on any atom is 0.259 e. The highest BCUT2D eigenvalue weighted by Gasteiger charge is 2.12. The SMILES string of the molecule is Cc1ncnc(Oc2cccc(O)c2C)c1F. The Kier molecular flexibility index (Phi) is 2.91. The molecule has 1 heterocycles. The van der Waals surface area contributed by atoms with Crippen LogP contribution in [-0.4, -0.2) is 15.1 Å². The first-order chi connectivity index (χ1) is 8.09. The van der Waals surface area contributed by atoms with Gasteiger partial charge in [-0.3, -0.25) is 0 Å². The summed E-state index contributed by atoms with van der Waals surface area (Å²) in [6, 6.07) is 4.78. The average molecular weight is 234 g/mol. The van der Waals surface area contributed by atoms with Crippen molar-refractivity contribution in [2.45, 2.75) is 13.8 Å². The van der Waals surface area contributed by atoms with Crippen LogP contribution in [0.4, 0.5) is 4.39 Å². The van der Waals surface area contributed by atoms with Gasteiger partial charge in [-0.2, -0.15) is 9.37 Å². The van der Waals surface area contributed by atoms with E-state index >= 15 is 0 Å². The smallest absolute Gasteiger partial charge is 0.259 e. The van der Waals surface area contributed by atoms with Gasteiger partial charge in [0.05, 0.1) is 5.69 Å². The van der Waals surface area contributed by atoms with Crippen LogP contribution in [0.25, 0.3) is 0 Å². The lowest BCUT2D eigenvalue weighted by Gasteiger charge is -2.09. The minimum absolute atomic E-state index is 0.0914. The van der Waals surface area contributed by atoms with E-state index in [1.165, 1.54) is 19.3 Å². The van der Waals surface area contributed by atoms with Crippen molar-refractivity contribution in [3.63, 3.8) is 0 Å². The third-order valence-corrected chi connectivity index (χ3v) is 2.39. The Morgan fingerprint density at radius 1 is 1.24 bits per heavy atom. The van der Waals surface area contributed by atoms with Crippen LogP contribution in [0.1, 0.15) is 11.3 Å². The molecule has 1 aromatic heterocycles. The van der Waals surface area contributed by atoms with E-state index < -0.39 is 5.82 Å². The van der Waals surface area contributed by atoms with Gasteiger partial charge in [0, 0.05) is 5.56 Å². The van der Waals surface area contributed by atoms with Gasteiger partial charge in [0.15, 0.2) is 0 Å². The number of rotatable bonds is 2. The Balaban J connectivity index is 2.38. The van der Waals surface area contributed by atoms with Crippen molar-refractivity contribution < 1.29 is 14.2 Å². The molecular weight excluding hydrogens is 223 g/mol. The van der Waals surface area contributed by atoms with Crippen molar-refractivity contribution in [1.82, 2.24) is 9.97 Å². The van der Waals surface area contributed by atoms with Crippen LogP contribution in [0.3, 0.4) is 0 Å². The highest BCUT2D eigenvalue weighted by Crippen LogP contribution is 2.30. The minimum Gasteiger partial charge on any atom is -0.508 e. The number of aromatic hydroxyl groups is 1. The zero-order chi connectivity index (χ0) is 12.4. The number of ether oxygens (including phenoxy) is 1. The van der Waals surface area contributed by atoms with Gasteiger partial charge in [0.2, 0.25) is 5.82 Å². The van der Waals surface area contributed by atoms with Crippen molar-refractivity contribution >= 4 is 0 Å². The molecular formula is C12H11FN2O2. The molecule has 2 rings (SSSR count). The number of phenolic OH excluding ortho intramolecular Hbond substituents is 1. The molecule has 0 unspecified atom stereocenters. The molecule has 88 valence electrons. The number of aryl methyl sites for hydroxylation is 1. The van der Waals surface area contributed by atoms with Crippen molar-refractivity contribution in [3.8, 4) is 17.4 Å².